The van der Waals surface area contributed by atoms with Crippen molar-refractivity contribution in [2.75, 3.05) is 11.9 Å². The standard InChI is InChI=1S/C34H45N5O7/c1-20(31(43)45-33(3,4)5)35-28(40)17-16-27(32(44)46-34(6,7)8)38-29(41)23-11-13-24(14-12-23)39(9)19-22-10-15-26-25(18-22)30(42)37-21(2)36-26/h10-15,18,20,27H,16-17,19H2,1-9H3,(H,35,40)(H,38,41)(H,36,37,42)/t20-,27-/m0/s1. The summed E-state index contributed by atoms with van der Waals surface area (Å²) in [5.74, 6) is -1.68. The van der Waals surface area contributed by atoms with Crippen LogP contribution in [0.25, 0.3) is 10.9 Å². The lowest BCUT2D eigenvalue weighted by atomic mass is 10.1. The number of H-pyrrole nitrogens is 1. The Labute approximate surface area is 269 Å². The number of carbonyl (C=O) groups is 4. The number of amides is 2. The number of aromatic nitrogens is 2. The van der Waals surface area contributed by atoms with Gasteiger partial charge in [0.15, 0.2) is 0 Å². The third kappa shape index (κ3) is 10.7. The first kappa shape index (κ1) is 35.7. The highest BCUT2D eigenvalue weighted by atomic mass is 16.6. The number of hydrogen-bond acceptors (Lipinski definition) is 9. The lowest BCUT2D eigenvalue weighted by molar-refractivity contribution is -0.159. The minimum Gasteiger partial charge on any atom is -0.458 e. The summed E-state index contributed by atoms with van der Waals surface area (Å²) in [5, 5.41) is 5.78. The second kappa shape index (κ2) is 14.6. The predicted octanol–water partition coefficient (Wildman–Crippen LogP) is 3.93. The molecule has 0 aliphatic rings. The molecule has 1 heterocycles. The van der Waals surface area contributed by atoms with Crippen molar-refractivity contribution < 1.29 is 28.7 Å². The van der Waals surface area contributed by atoms with Gasteiger partial charge in [-0.15, -0.1) is 0 Å². The van der Waals surface area contributed by atoms with E-state index in [0.29, 0.717) is 28.8 Å². The number of hydrogen-bond donors (Lipinski definition) is 3. The van der Waals surface area contributed by atoms with E-state index in [4.69, 9.17) is 9.47 Å². The number of aromatic amines is 1. The molecule has 46 heavy (non-hydrogen) atoms. The van der Waals surface area contributed by atoms with Gasteiger partial charge in [0.05, 0.1) is 10.9 Å². The summed E-state index contributed by atoms with van der Waals surface area (Å²) in [6.45, 7) is 14.1. The summed E-state index contributed by atoms with van der Waals surface area (Å²) in [7, 11) is 1.89. The Morgan fingerprint density at radius 2 is 1.52 bits per heavy atom. The fourth-order valence-corrected chi connectivity index (χ4v) is 4.54. The van der Waals surface area contributed by atoms with Crippen LogP contribution in [0.4, 0.5) is 5.69 Å². The van der Waals surface area contributed by atoms with E-state index >= 15 is 0 Å². The van der Waals surface area contributed by atoms with E-state index in [0.717, 1.165) is 11.3 Å². The van der Waals surface area contributed by atoms with Gasteiger partial charge < -0.3 is 30.0 Å². The summed E-state index contributed by atoms with van der Waals surface area (Å²) < 4.78 is 10.8. The minimum absolute atomic E-state index is 0.0436. The minimum atomic E-state index is -1.11. The third-order valence-corrected chi connectivity index (χ3v) is 6.67. The number of fused-ring (bicyclic) bond motifs is 1. The molecule has 3 aromatic rings. The second-order valence-electron chi connectivity index (χ2n) is 13.3. The van der Waals surface area contributed by atoms with Gasteiger partial charge in [-0.3, -0.25) is 14.4 Å². The Morgan fingerprint density at radius 3 is 2.13 bits per heavy atom. The number of benzene rings is 2. The van der Waals surface area contributed by atoms with Gasteiger partial charge >= 0.3 is 11.9 Å². The van der Waals surface area contributed by atoms with Crippen molar-refractivity contribution in [1.82, 2.24) is 20.6 Å². The Kier molecular flexibility index (Phi) is 11.3. The number of ether oxygens (including phenoxy) is 2. The molecular formula is C34H45N5O7. The topological polar surface area (TPSA) is 160 Å². The van der Waals surface area contributed by atoms with Gasteiger partial charge in [0, 0.05) is 31.3 Å². The van der Waals surface area contributed by atoms with Crippen molar-refractivity contribution >= 4 is 40.3 Å². The van der Waals surface area contributed by atoms with E-state index < -0.39 is 47.0 Å². The Balaban J connectivity index is 1.65. The van der Waals surface area contributed by atoms with Gasteiger partial charge in [0.2, 0.25) is 5.91 Å². The number of nitrogens with one attached hydrogen (secondary N) is 3. The molecule has 12 nitrogen and oxygen atoms in total. The zero-order chi connectivity index (χ0) is 34.4. The first-order chi connectivity index (χ1) is 21.3. The van der Waals surface area contributed by atoms with Crippen LogP contribution in [-0.2, 0) is 30.4 Å². The molecule has 1 aromatic heterocycles. The number of aryl methyl sites for hydroxylation is 1. The molecular weight excluding hydrogens is 590 g/mol. The van der Waals surface area contributed by atoms with Crippen molar-refractivity contribution in [2.24, 2.45) is 0 Å². The summed E-state index contributed by atoms with van der Waals surface area (Å²) in [6.07, 6.45) is -0.185. The third-order valence-electron chi connectivity index (χ3n) is 6.67. The van der Waals surface area contributed by atoms with E-state index in [1.54, 1.807) is 72.7 Å². The van der Waals surface area contributed by atoms with Crippen LogP contribution in [-0.4, -0.2) is 64.1 Å². The van der Waals surface area contributed by atoms with Crippen molar-refractivity contribution in [3.63, 3.8) is 0 Å². The molecule has 0 saturated heterocycles. The number of anilines is 1. The number of rotatable bonds is 11. The van der Waals surface area contributed by atoms with Gasteiger partial charge in [0.25, 0.3) is 11.5 Å². The van der Waals surface area contributed by atoms with Crippen molar-refractivity contribution in [3.05, 3.63) is 69.8 Å². The zero-order valence-electron chi connectivity index (χ0n) is 28.1. The van der Waals surface area contributed by atoms with Gasteiger partial charge in [-0.1, -0.05) is 6.07 Å². The summed E-state index contributed by atoms with van der Waals surface area (Å²) in [4.78, 5) is 72.4. The first-order valence-electron chi connectivity index (χ1n) is 15.2. The molecule has 2 atom stereocenters. The molecule has 2 aromatic carbocycles. The lowest BCUT2D eigenvalue weighted by Gasteiger charge is -2.25. The quantitative estimate of drug-likeness (QED) is 0.265. The number of esters is 2. The average Bonchev–Trinajstić information content (AvgIpc) is 2.93. The SMILES string of the molecule is Cc1nc2ccc(CN(C)c3ccc(C(=O)N[C@@H](CCC(=O)N[C@@H](C)C(=O)OC(C)(C)C)C(=O)OC(C)(C)C)cc3)cc2c(=O)[nH]1. The van der Waals surface area contributed by atoms with Crippen molar-refractivity contribution in [2.45, 2.75) is 98.1 Å². The molecule has 248 valence electrons. The van der Waals surface area contributed by atoms with Crippen LogP contribution in [0.15, 0.2) is 47.3 Å². The summed E-state index contributed by atoms with van der Waals surface area (Å²) in [5.41, 5.74) is 0.976. The van der Waals surface area contributed by atoms with Crippen LogP contribution in [0.1, 0.15) is 83.1 Å². The molecule has 0 saturated carbocycles. The molecule has 3 N–H and O–H groups in total. The van der Waals surface area contributed by atoms with Gasteiger partial charge in [0.1, 0.15) is 29.1 Å². The molecule has 0 unspecified atom stereocenters. The molecule has 0 aliphatic heterocycles. The van der Waals surface area contributed by atoms with Crippen LogP contribution in [0.2, 0.25) is 0 Å². The molecule has 2 amide bonds. The monoisotopic (exact) mass is 635 g/mol. The maximum atomic E-state index is 13.2. The highest BCUT2D eigenvalue weighted by Crippen LogP contribution is 2.19. The van der Waals surface area contributed by atoms with Crippen LogP contribution in [0.3, 0.4) is 0 Å². The van der Waals surface area contributed by atoms with Crippen LogP contribution >= 0.6 is 0 Å². The van der Waals surface area contributed by atoms with Gasteiger partial charge in [-0.05, 0) is 104 Å². The summed E-state index contributed by atoms with van der Waals surface area (Å²) in [6, 6.07) is 10.4. The predicted molar refractivity (Wildman–Crippen MR) is 175 cm³/mol. The molecule has 0 bridgehead atoms. The molecule has 0 aliphatic carbocycles. The normalized spacial score (nSPS) is 13.0. The number of nitrogens with zero attached hydrogens (tertiary/aromatic N) is 2. The van der Waals surface area contributed by atoms with E-state index in [9.17, 15) is 24.0 Å². The largest absolute Gasteiger partial charge is 0.458 e. The maximum Gasteiger partial charge on any atom is 0.329 e. The molecule has 3 rings (SSSR count). The van der Waals surface area contributed by atoms with E-state index in [2.05, 4.69) is 20.6 Å². The van der Waals surface area contributed by atoms with Gasteiger partial charge in [-0.25, -0.2) is 14.6 Å². The smallest absolute Gasteiger partial charge is 0.329 e. The van der Waals surface area contributed by atoms with E-state index in [1.807, 2.05) is 30.1 Å². The lowest BCUT2D eigenvalue weighted by Crippen LogP contribution is -2.46. The molecule has 0 spiro atoms. The van der Waals surface area contributed by atoms with Crippen molar-refractivity contribution in [3.8, 4) is 0 Å². The zero-order valence-corrected chi connectivity index (χ0v) is 28.1. The first-order valence-corrected chi connectivity index (χ1v) is 15.2. The van der Waals surface area contributed by atoms with E-state index in [1.165, 1.54) is 6.92 Å². The Bertz CT molecular complexity index is 1630. The highest BCUT2D eigenvalue weighted by molar-refractivity contribution is 5.97. The molecule has 12 heteroatoms. The maximum absolute atomic E-state index is 13.2. The fraction of sp³-hybridized carbons (Fsp3) is 0.471. The summed E-state index contributed by atoms with van der Waals surface area (Å²) >= 11 is 0. The Morgan fingerprint density at radius 1 is 0.913 bits per heavy atom. The van der Waals surface area contributed by atoms with Crippen molar-refractivity contribution in [1.29, 1.82) is 0 Å². The second-order valence-corrected chi connectivity index (χ2v) is 13.3. The fourth-order valence-electron chi connectivity index (χ4n) is 4.54. The van der Waals surface area contributed by atoms with Gasteiger partial charge in [-0.2, -0.15) is 0 Å². The average molecular weight is 636 g/mol. The van der Waals surface area contributed by atoms with Crippen LogP contribution in [0.5, 0.6) is 0 Å². The highest BCUT2D eigenvalue weighted by Gasteiger charge is 2.29. The Hall–Kier alpha value is -4.74. The number of carbonyl (C=O) groups excluding carboxylic acids is 4. The molecule has 0 fully saturated rings. The molecule has 0 radical (unpaired) electrons. The van der Waals surface area contributed by atoms with Crippen LogP contribution in [0, 0.1) is 6.92 Å². The van der Waals surface area contributed by atoms with E-state index in [-0.39, 0.29) is 18.4 Å². The van der Waals surface area contributed by atoms with Crippen LogP contribution < -0.4 is 21.1 Å².